The van der Waals surface area contributed by atoms with Gasteiger partial charge in [-0.25, -0.2) is 0 Å². The van der Waals surface area contributed by atoms with E-state index in [4.69, 9.17) is 4.74 Å². The van der Waals surface area contributed by atoms with Crippen LogP contribution in [0.3, 0.4) is 0 Å². The molecule has 108 valence electrons. The molecule has 0 saturated heterocycles. The van der Waals surface area contributed by atoms with Crippen LogP contribution in [0.5, 0.6) is 0 Å². The fraction of sp³-hybridized carbons (Fsp3) is 1.00. The molecule has 1 saturated carbocycles. The highest BCUT2D eigenvalue weighted by Crippen LogP contribution is 2.28. The van der Waals surface area contributed by atoms with Crippen molar-refractivity contribution in [1.82, 2.24) is 10.2 Å². The van der Waals surface area contributed by atoms with Crippen LogP contribution in [0.4, 0.5) is 0 Å². The van der Waals surface area contributed by atoms with E-state index in [1.807, 2.05) is 0 Å². The van der Waals surface area contributed by atoms with E-state index >= 15 is 0 Å². The molecule has 1 rings (SSSR count). The molecule has 18 heavy (non-hydrogen) atoms. The van der Waals surface area contributed by atoms with Gasteiger partial charge in [0.25, 0.3) is 0 Å². The topological polar surface area (TPSA) is 24.5 Å². The first-order valence-corrected chi connectivity index (χ1v) is 7.72. The van der Waals surface area contributed by atoms with Crippen molar-refractivity contribution in [3.8, 4) is 0 Å². The second-order valence-corrected chi connectivity index (χ2v) is 5.78. The van der Waals surface area contributed by atoms with Crippen molar-refractivity contribution in [2.24, 2.45) is 5.92 Å². The largest absolute Gasteiger partial charge is 0.380 e. The van der Waals surface area contributed by atoms with Crippen molar-refractivity contribution in [1.29, 1.82) is 0 Å². The summed E-state index contributed by atoms with van der Waals surface area (Å²) in [5, 5.41) is 3.46. The van der Waals surface area contributed by atoms with Crippen molar-refractivity contribution in [2.75, 3.05) is 39.9 Å². The van der Waals surface area contributed by atoms with E-state index in [0.717, 1.165) is 32.2 Å². The molecule has 0 aromatic carbocycles. The lowest BCUT2D eigenvalue weighted by Gasteiger charge is -2.17. The molecule has 0 spiro atoms. The van der Waals surface area contributed by atoms with Gasteiger partial charge >= 0.3 is 0 Å². The van der Waals surface area contributed by atoms with Crippen molar-refractivity contribution in [3.63, 3.8) is 0 Å². The quantitative estimate of drug-likeness (QED) is 0.543. The summed E-state index contributed by atoms with van der Waals surface area (Å²) in [6.07, 6.45) is 6.69. The van der Waals surface area contributed by atoms with Gasteiger partial charge in [-0.2, -0.15) is 0 Å². The van der Waals surface area contributed by atoms with Crippen LogP contribution >= 0.6 is 0 Å². The van der Waals surface area contributed by atoms with Gasteiger partial charge in [-0.15, -0.1) is 0 Å². The third kappa shape index (κ3) is 8.90. The van der Waals surface area contributed by atoms with E-state index in [-0.39, 0.29) is 0 Å². The maximum atomic E-state index is 5.65. The summed E-state index contributed by atoms with van der Waals surface area (Å²) in [6.45, 7) is 9.71. The van der Waals surface area contributed by atoms with E-state index in [0.29, 0.717) is 6.04 Å². The van der Waals surface area contributed by atoms with Crippen LogP contribution in [0.2, 0.25) is 0 Å². The zero-order valence-corrected chi connectivity index (χ0v) is 12.6. The lowest BCUT2D eigenvalue weighted by atomic mass is 10.1. The summed E-state index contributed by atoms with van der Waals surface area (Å²) in [5.41, 5.74) is 0. The summed E-state index contributed by atoms with van der Waals surface area (Å²) < 4.78 is 5.65. The van der Waals surface area contributed by atoms with Crippen LogP contribution in [-0.2, 0) is 4.74 Å². The Labute approximate surface area is 113 Å². The maximum absolute atomic E-state index is 5.65. The summed E-state index contributed by atoms with van der Waals surface area (Å²) in [4.78, 5) is 2.39. The summed E-state index contributed by atoms with van der Waals surface area (Å²) in [6, 6.07) is 0.669. The van der Waals surface area contributed by atoms with Crippen LogP contribution in [0.25, 0.3) is 0 Å². The minimum atomic E-state index is 0.669. The predicted octanol–water partition coefficient (Wildman–Crippen LogP) is 2.51. The molecule has 0 amide bonds. The Morgan fingerprint density at radius 3 is 2.72 bits per heavy atom. The first-order chi connectivity index (χ1) is 8.72. The Balaban J connectivity index is 1.81. The second kappa shape index (κ2) is 9.76. The third-order valence-electron chi connectivity index (χ3n) is 3.65. The molecule has 0 aromatic rings. The van der Waals surface area contributed by atoms with Crippen LogP contribution < -0.4 is 5.32 Å². The van der Waals surface area contributed by atoms with Gasteiger partial charge in [-0.05, 0) is 58.7 Å². The first kappa shape index (κ1) is 15.9. The van der Waals surface area contributed by atoms with Gasteiger partial charge in [0.15, 0.2) is 0 Å². The lowest BCUT2D eigenvalue weighted by Crippen LogP contribution is -2.27. The van der Waals surface area contributed by atoms with Gasteiger partial charge in [-0.3, -0.25) is 0 Å². The molecule has 0 heterocycles. The Bertz CT molecular complexity index is 195. The number of hydrogen-bond donors (Lipinski definition) is 1. The van der Waals surface area contributed by atoms with E-state index in [2.05, 4.69) is 31.1 Å². The molecular formula is C15H32N2O. The summed E-state index contributed by atoms with van der Waals surface area (Å²) in [7, 11) is 2.20. The number of unbranched alkanes of at least 4 members (excludes halogenated alkanes) is 1. The fourth-order valence-corrected chi connectivity index (χ4v) is 2.15. The highest BCUT2D eigenvalue weighted by molar-refractivity contribution is 4.72. The Kier molecular flexibility index (Phi) is 8.64. The molecule has 1 unspecified atom stereocenters. The monoisotopic (exact) mass is 256 g/mol. The molecule has 1 N–H and O–H groups in total. The smallest absolute Gasteiger partial charge is 0.0593 e. The van der Waals surface area contributed by atoms with E-state index < -0.39 is 0 Å². The first-order valence-electron chi connectivity index (χ1n) is 7.72. The number of ether oxygens (including phenoxy) is 1. The number of hydrogen-bond acceptors (Lipinski definition) is 3. The molecular weight excluding hydrogens is 224 g/mol. The molecule has 1 fully saturated rings. The van der Waals surface area contributed by atoms with Gasteiger partial charge in [0, 0.05) is 19.2 Å². The van der Waals surface area contributed by atoms with Gasteiger partial charge in [0.05, 0.1) is 6.61 Å². The molecule has 0 radical (unpaired) electrons. The highest BCUT2D eigenvalue weighted by atomic mass is 16.5. The van der Waals surface area contributed by atoms with E-state index in [1.54, 1.807) is 0 Å². The standard InChI is InChI=1S/C15H32N2O/c1-4-16-14(2)7-5-6-10-17(3)11-12-18-13-15-8-9-15/h14-16H,4-13H2,1-3H3. The van der Waals surface area contributed by atoms with Gasteiger partial charge in [0.1, 0.15) is 0 Å². The molecule has 3 heteroatoms. The number of nitrogens with zero attached hydrogens (tertiary/aromatic N) is 1. The van der Waals surface area contributed by atoms with Gasteiger partial charge in [-0.1, -0.05) is 13.3 Å². The van der Waals surface area contributed by atoms with Crippen molar-refractivity contribution < 1.29 is 4.74 Å². The molecule has 1 aliphatic rings. The van der Waals surface area contributed by atoms with Crippen LogP contribution in [0, 0.1) is 5.92 Å². The molecule has 3 nitrogen and oxygen atoms in total. The number of nitrogens with one attached hydrogen (secondary N) is 1. The average Bonchev–Trinajstić information content (AvgIpc) is 3.15. The van der Waals surface area contributed by atoms with Gasteiger partial charge in [0.2, 0.25) is 0 Å². The van der Waals surface area contributed by atoms with Crippen molar-refractivity contribution >= 4 is 0 Å². The Hall–Kier alpha value is -0.120. The average molecular weight is 256 g/mol. The SMILES string of the molecule is CCNC(C)CCCCN(C)CCOCC1CC1. The second-order valence-electron chi connectivity index (χ2n) is 5.78. The summed E-state index contributed by atoms with van der Waals surface area (Å²) >= 11 is 0. The molecule has 0 aliphatic heterocycles. The van der Waals surface area contributed by atoms with Gasteiger partial charge < -0.3 is 15.0 Å². The molecule has 1 atom stereocenters. The van der Waals surface area contributed by atoms with Crippen molar-refractivity contribution in [3.05, 3.63) is 0 Å². The minimum Gasteiger partial charge on any atom is -0.380 e. The molecule has 0 bridgehead atoms. The Morgan fingerprint density at radius 1 is 1.28 bits per heavy atom. The normalized spacial score (nSPS) is 17.3. The van der Waals surface area contributed by atoms with Crippen LogP contribution in [-0.4, -0.2) is 50.8 Å². The zero-order chi connectivity index (χ0) is 13.2. The molecule has 1 aliphatic carbocycles. The number of rotatable bonds is 12. The summed E-state index contributed by atoms with van der Waals surface area (Å²) in [5.74, 6) is 0.892. The minimum absolute atomic E-state index is 0.669. The molecule has 0 aromatic heterocycles. The van der Waals surface area contributed by atoms with Crippen LogP contribution in [0.15, 0.2) is 0 Å². The number of likely N-dealkylation sites (N-methyl/N-ethyl adjacent to an activating group) is 1. The zero-order valence-electron chi connectivity index (χ0n) is 12.6. The van der Waals surface area contributed by atoms with Crippen LogP contribution in [0.1, 0.15) is 46.0 Å². The maximum Gasteiger partial charge on any atom is 0.0593 e. The lowest BCUT2D eigenvalue weighted by molar-refractivity contribution is 0.103. The van der Waals surface area contributed by atoms with E-state index in [1.165, 1.54) is 38.6 Å². The fourth-order valence-electron chi connectivity index (χ4n) is 2.15. The Morgan fingerprint density at radius 2 is 2.06 bits per heavy atom. The van der Waals surface area contributed by atoms with Crippen molar-refractivity contribution in [2.45, 2.75) is 52.0 Å². The highest BCUT2D eigenvalue weighted by Gasteiger charge is 2.20. The van der Waals surface area contributed by atoms with E-state index in [9.17, 15) is 0 Å². The third-order valence-corrected chi connectivity index (χ3v) is 3.65. The predicted molar refractivity (Wildman–Crippen MR) is 78.0 cm³/mol.